The van der Waals surface area contributed by atoms with Crippen LogP contribution in [0.4, 0.5) is 24.5 Å². The highest BCUT2D eigenvalue weighted by Crippen LogP contribution is 2.32. The molecule has 0 saturated carbocycles. The third-order valence-electron chi connectivity index (χ3n) is 2.47. The fraction of sp³-hybridized carbons (Fsp3) is 0.300. The van der Waals surface area contributed by atoms with Crippen molar-refractivity contribution >= 4 is 28.9 Å². The first-order valence-electron chi connectivity index (χ1n) is 5.08. The third kappa shape index (κ3) is 3.17. The van der Waals surface area contributed by atoms with Crippen LogP contribution >= 0.6 is 11.6 Å². The number of halogens is 4. The maximum Gasteiger partial charge on any atom is 0.415 e. The van der Waals surface area contributed by atoms with Gasteiger partial charge in [0.05, 0.1) is 4.92 Å². The summed E-state index contributed by atoms with van der Waals surface area (Å²) in [7, 11) is 0. The maximum absolute atomic E-state index is 12.6. The minimum absolute atomic E-state index is 0.000954. The molecule has 0 aliphatic heterocycles. The van der Waals surface area contributed by atoms with Crippen molar-refractivity contribution in [3.63, 3.8) is 0 Å². The molecule has 0 bridgehead atoms. The van der Waals surface area contributed by atoms with E-state index >= 15 is 0 Å². The summed E-state index contributed by atoms with van der Waals surface area (Å²) >= 11 is 5.54. The highest BCUT2D eigenvalue weighted by Gasteiger charge is 2.54. The summed E-state index contributed by atoms with van der Waals surface area (Å²) in [6.07, 6.45) is -5.00. The molecule has 0 heterocycles. The van der Waals surface area contributed by atoms with Crippen LogP contribution in [0.1, 0.15) is 6.92 Å². The predicted octanol–water partition coefficient (Wildman–Crippen LogP) is 2.47. The monoisotopic (exact) mass is 311 g/mol. The number of nitrogens with two attached hydrogens (primary N) is 1. The van der Waals surface area contributed by atoms with Crippen molar-refractivity contribution in [1.29, 1.82) is 0 Å². The van der Waals surface area contributed by atoms with Crippen molar-refractivity contribution in [2.45, 2.75) is 18.6 Å². The first-order chi connectivity index (χ1) is 8.96. The summed E-state index contributed by atoms with van der Waals surface area (Å²) < 4.78 is 37.7. The Hall–Kier alpha value is -1.87. The number of rotatable bonds is 3. The van der Waals surface area contributed by atoms with E-state index in [0.29, 0.717) is 6.92 Å². The molecule has 0 saturated heterocycles. The SMILES string of the molecule is CC(N)(C(=O)Nc1ccc(Cl)cc1[N+](=O)[O-])C(F)(F)F. The van der Waals surface area contributed by atoms with Gasteiger partial charge in [-0.15, -0.1) is 0 Å². The lowest BCUT2D eigenvalue weighted by atomic mass is 10.0. The van der Waals surface area contributed by atoms with Crippen LogP contribution in [0.5, 0.6) is 0 Å². The van der Waals surface area contributed by atoms with Crippen LogP contribution in [0.15, 0.2) is 18.2 Å². The van der Waals surface area contributed by atoms with Gasteiger partial charge in [0.25, 0.3) is 11.6 Å². The Balaban J connectivity index is 3.12. The fourth-order valence-electron chi connectivity index (χ4n) is 1.14. The normalized spacial score (nSPS) is 14.5. The number of carbonyl (C=O) groups is 1. The largest absolute Gasteiger partial charge is 0.415 e. The summed E-state index contributed by atoms with van der Waals surface area (Å²) in [4.78, 5) is 21.4. The average molecular weight is 312 g/mol. The number of benzene rings is 1. The Morgan fingerprint density at radius 3 is 2.45 bits per heavy atom. The molecular formula is C10H9ClF3N3O3. The second kappa shape index (κ2) is 5.25. The molecule has 0 aliphatic carbocycles. The summed E-state index contributed by atoms with van der Waals surface area (Å²) in [6, 6.07) is 3.11. The highest BCUT2D eigenvalue weighted by molar-refractivity contribution is 6.31. The van der Waals surface area contributed by atoms with E-state index in [0.717, 1.165) is 12.1 Å². The van der Waals surface area contributed by atoms with E-state index in [-0.39, 0.29) is 5.02 Å². The third-order valence-corrected chi connectivity index (χ3v) is 2.70. The Labute approximate surface area is 115 Å². The number of nitrogens with one attached hydrogen (secondary N) is 1. The van der Waals surface area contributed by atoms with Crippen molar-refractivity contribution in [2.24, 2.45) is 5.73 Å². The highest BCUT2D eigenvalue weighted by atomic mass is 35.5. The number of carbonyl (C=O) groups excluding carboxylic acids is 1. The molecule has 110 valence electrons. The van der Waals surface area contributed by atoms with Crippen LogP contribution in [0, 0.1) is 10.1 Å². The van der Waals surface area contributed by atoms with Crippen LogP contribution in [-0.4, -0.2) is 22.5 Å². The van der Waals surface area contributed by atoms with E-state index in [1.807, 2.05) is 0 Å². The van der Waals surface area contributed by atoms with Crippen LogP contribution in [-0.2, 0) is 4.79 Å². The lowest BCUT2D eigenvalue weighted by molar-refractivity contribution is -0.383. The molecule has 1 amide bonds. The van der Waals surface area contributed by atoms with Gasteiger partial charge in [-0.05, 0) is 19.1 Å². The topological polar surface area (TPSA) is 98.3 Å². The second-order valence-corrected chi connectivity index (χ2v) is 4.51. The molecule has 1 atom stereocenters. The molecule has 1 aromatic rings. The van der Waals surface area contributed by atoms with Gasteiger partial charge in [-0.1, -0.05) is 11.6 Å². The number of hydrogen-bond donors (Lipinski definition) is 2. The predicted molar refractivity (Wildman–Crippen MR) is 65.4 cm³/mol. The van der Waals surface area contributed by atoms with E-state index < -0.39 is 33.9 Å². The Bertz CT molecular complexity index is 560. The van der Waals surface area contributed by atoms with E-state index in [1.165, 1.54) is 6.07 Å². The molecular weight excluding hydrogens is 303 g/mol. The zero-order chi connectivity index (χ0) is 15.7. The van der Waals surface area contributed by atoms with Gasteiger partial charge < -0.3 is 11.1 Å². The minimum Gasteiger partial charge on any atom is -0.318 e. The van der Waals surface area contributed by atoms with Crippen molar-refractivity contribution in [1.82, 2.24) is 0 Å². The van der Waals surface area contributed by atoms with E-state index in [1.54, 1.807) is 5.32 Å². The Kier molecular flexibility index (Phi) is 4.25. The van der Waals surface area contributed by atoms with E-state index in [4.69, 9.17) is 17.3 Å². The van der Waals surface area contributed by atoms with Gasteiger partial charge in [0.1, 0.15) is 5.69 Å². The Morgan fingerprint density at radius 2 is 2.00 bits per heavy atom. The maximum atomic E-state index is 12.6. The standard InChI is InChI=1S/C10H9ClF3N3O3/c1-9(15,10(12,13)14)8(18)16-6-3-2-5(11)4-7(6)17(19)20/h2-4H,15H2,1H3,(H,16,18). The van der Waals surface area contributed by atoms with Crippen molar-refractivity contribution in [2.75, 3.05) is 5.32 Å². The number of hydrogen-bond acceptors (Lipinski definition) is 4. The fourth-order valence-corrected chi connectivity index (χ4v) is 1.31. The van der Waals surface area contributed by atoms with Crippen molar-refractivity contribution in [3.8, 4) is 0 Å². The first kappa shape index (κ1) is 16.2. The quantitative estimate of drug-likeness (QED) is 0.661. The number of anilines is 1. The molecule has 10 heteroatoms. The van der Waals surface area contributed by atoms with Crippen LogP contribution in [0.25, 0.3) is 0 Å². The van der Waals surface area contributed by atoms with Crippen LogP contribution < -0.4 is 11.1 Å². The second-order valence-electron chi connectivity index (χ2n) is 4.07. The van der Waals surface area contributed by atoms with Gasteiger partial charge in [0, 0.05) is 11.1 Å². The number of amides is 1. The Morgan fingerprint density at radius 1 is 1.45 bits per heavy atom. The number of nitro groups is 1. The summed E-state index contributed by atoms with van der Waals surface area (Å²) in [6.45, 7) is 0.462. The van der Waals surface area contributed by atoms with Crippen LogP contribution in [0.3, 0.4) is 0 Å². The molecule has 0 aromatic heterocycles. The van der Waals surface area contributed by atoms with E-state index in [2.05, 4.69) is 0 Å². The zero-order valence-electron chi connectivity index (χ0n) is 9.99. The van der Waals surface area contributed by atoms with Crippen molar-refractivity contribution < 1.29 is 22.9 Å². The summed E-state index contributed by atoms with van der Waals surface area (Å²) in [5, 5.41) is 12.5. The molecule has 6 nitrogen and oxygen atoms in total. The zero-order valence-corrected chi connectivity index (χ0v) is 10.7. The number of alkyl halides is 3. The van der Waals surface area contributed by atoms with Gasteiger partial charge in [-0.2, -0.15) is 13.2 Å². The molecule has 0 spiro atoms. The molecule has 1 unspecified atom stereocenters. The van der Waals surface area contributed by atoms with Crippen LogP contribution in [0.2, 0.25) is 5.02 Å². The smallest absolute Gasteiger partial charge is 0.318 e. The van der Waals surface area contributed by atoms with Gasteiger partial charge >= 0.3 is 6.18 Å². The van der Waals surface area contributed by atoms with E-state index in [9.17, 15) is 28.1 Å². The molecule has 0 radical (unpaired) electrons. The minimum atomic E-state index is -5.00. The van der Waals surface area contributed by atoms with Gasteiger partial charge in [-0.25, -0.2) is 0 Å². The molecule has 1 aromatic carbocycles. The summed E-state index contributed by atoms with van der Waals surface area (Å²) in [5.74, 6) is -1.62. The van der Waals surface area contributed by atoms with Gasteiger partial charge in [0.15, 0.2) is 5.54 Å². The lowest BCUT2D eigenvalue weighted by Gasteiger charge is -2.26. The molecule has 1 rings (SSSR count). The van der Waals surface area contributed by atoms with Gasteiger partial charge in [-0.3, -0.25) is 14.9 Å². The molecule has 3 N–H and O–H groups in total. The average Bonchev–Trinajstić information content (AvgIpc) is 2.29. The lowest BCUT2D eigenvalue weighted by Crippen LogP contribution is -2.59. The number of nitro benzene ring substituents is 1. The molecule has 20 heavy (non-hydrogen) atoms. The number of nitrogens with zero attached hydrogens (tertiary/aromatic N) is 1. The molecule has 0 aliphatic rings. The van der Waals surface area contributed by atoms with Crippen molar-refractivity contribution in [3.05, 3.63) is 33.3 Å². The molecule has 0 fully saturated rings. The van der Waals surface area contributed by atoms with Gasteiger partial charge in [0.2, 0.25) is 0 Å². The first-order valence-corrected chi connectivity index (χ1v) is 5.45. The summed E-state index contributed by atoms with van der Waals surface area (Å²) in [5.41, 5.74) is 0.667.